The van der Waals surface area contributed by atoms with Crippen LogP contribution in [0.3, 0.4) is 0 Å². The average Bonchev–Trinajstić information content (AvgIpc) is 3.37. The predicted molar refractivity (Wildman–Crippen MR) is 101 cm³/mol. The van der Waals surface area contributed by atoms with E-state index in [1.54, 1.807) is 4.68 Å². The molecule has 1 aliphatic heterocycles. The van der Waals surface area contributed by atoms with Crippen LogP contribution >= 0.6 is 0 Å². The van der Waals surface area contributed by atoms with Crippen LogP contribution < -0.4 is 0 Å². The van der Waals surface area contributed by atoms with Crippen LogP contribution in [-0.4, -0.2) is 47.5 Å². The summed E-state index contributed by atoms with van der Waals surface area (Å²) in [5.74, 6) is 1.07. The Morgan fingerprint density at radius 3 is 2.93 bits per heavy atom. The van der Waals surface area contributed by atoms with Gasteiger partial charge in [-0.3, -0.25) is 4.79 Å². The highest BCUT2D eigenvalue weighted by Crippen LogP contribution is 2.34. The molecule has 3 heterocycles. The summed E-state index contributed by atoms with van der Waals surface area (Å²) in [4.78, 5) is 23.7. The lowest BCUT2D eigenvalue weighted by molar-refractivity contribution is -0.141. The first-order valence-corrected chi connectivity index (χ1v) is 9.66. The molecule has 2 aromatic heterocycles. The molecule has 8 heteroatoms. The SMILES string of the molecule is CCC(C)C(C(=O)N1CCCCC1c1nc2ccccc2[nH]1)n1cnnn1. The molecule has 1 aliphatic rings. The molecule has 3 aromatic rings. The van der Waals surface area contributed by atoms with E-state index >= 15 is 0 Å². The zero-order valence-electron chi connectivity index (χ0n) is 15.7. The fourth-order valence-electron chi connectivity index (χ4n) is 3.92. The number of rotatable bonds is 5. The maximum absolute atomic E-state index is 13.6. The number of fused-ring (bicyclic) bond motifs is 1. The monoisotopic (exact) mass is 367 g/mol. The summed E-state index contributed by atoms with van der Waals surface area (Å²) in [7, 11) is 0. The summed E-state index contributed by atoms with van der Waals surface area (Å²) >= 11 is 0. The van der Waals surface area contributed by atoms with Gasteiger partial charge in [0.05, 0.1) is 17.1 Å². The summed E-state index contributed by atoms with van der Waals surface area (Å²) in [6.45, 7) is 4.89. The number of tetrazole rings is 1. The smallest absolute Gasteiger partial charge is 0.248 e. The predicted octanol–water partition coefficient (Wildman–Crippen LogP) is 2.89. The van der Waals surface area contributed by atoms with E-state index in [4.69, 9.17) is 4.98 Å². The molecule has 1 saturated heterocycles. The highest BCUT2D eigenvalue weighted by atomic mass is 16.2. The number of benzene rings is 1. The summed E-state index contributed by atoms with van der Waals surface area (Å²) in [6, 6.07) is 7.55. The lowest BCUT2D eigenvalue weighted by Crippen LogP contribution is -2.44. The second-order valence-electron chi connectivity index (χ2n) is 7.30. The molecule has 0 aliphatic carbocycles. The Labute approximate surface area is 158 Å². The van der Waals surface area contributed by atoms with Gasteiger partial charge < -0.3 is 9.88 Å². The molecule has 3 atom stereocenters. The standard InChI is InChI=1S/C19H25N7O/c1-3-13(2)17(26-12-20-23-24-26)19(27)25-11-7-6-10-16(25)18-21-14-8-4-5-9-15(14)22-18/h4-5,8-9,12-13,16-17H,3,6-7,10-11H2,1-2H3,(H,21,22). The van der Waals surface area contributed by atoms with Gasteiger partial charge in [-0.15, -0.1) is 5.10 Å². The van der Waals surface area contributed by atoms with Crippen molar-refractivity contribution < 1.29 is 4.79 Å². The van der Waals surface area contributed by atoms with Crippen molar-refractivity contribution in [2.24, 2.45) is 5.92 Å². The highest BCUT2D eigenvalue weighted by Gasteiger charge is 2.37. The molecule has 142 valence electrons. The second-order valence-corrected chi connectivity index (χ2v) is 7.30. The molecule has 0 saturated carbocycles. The maximum Gasteiger partial charge on any atom is 0.248 e. The van der Waals surface area contributed by atoms with E-state index in [1.165, 1.54) is 6.33 Å². The molecule has 27 heavy (non-hydrogen) atoms. The Hall–Kier alpha value is -2.77. The number of carbonyl (C=O) groups excluding carboxylic acids is 1. The second kappa shape index (κ2) is 7.46. The lowest BCUT2D eigenvalue weighted by Gasteiger charge is -2.37. The molecule has 3 unspecified atom stereocenters. The van der Waals surface area contributed by atoms with Crippen molar-refractivity contribution in [3.63, 3.8) is 0 Å². The van der Waals surface area contributed by atoms with E-state index in [2.05, 4.69) is 34.4 Å². The van der Waals surface area contributed by atoms with Gasteiger partial charge in [0.1, 0.15) is 18.2 Å². The minimum absolute atomic E-state index is 0.0401. The largest absolute Gasteiger partial charge is 0.340 e. The summed E-state index contributed by atoms with van der Waals surface area (Å²) in [5, 5.41) is 11.5. The number of hydrogen-bond acceptors (Lipinski definition) is 5. The van der Waals surface area contributed by atoms with E-state index < -0.39 is 6.04 Å². The normalized spacial score (nSPS) is 19.9. The van der Waals surface area contributed by atoms with Gasteiger partial charge in [-0.25, -0.2) is 9.67 Å². The molecule has 1 aromatic carbocycles. The number of hydrogen-bond donors (Lipinski definition) is 1. The van der Waals surface area contributed by atoms with Crippen molar-refractivity contribution in [3.8, 4) is 0 Å². The number of nitrogens with zero attached hydrogens (tertiary/aromatic N) is 6. The molecular weight excluding hydrogens is 342 g/mol. The first-order valence-electron chi connectivity index (χ1n) is 9.66. The number of aromatic nitrogens is 6. The number of aromatic amines is 1. The number of imidazole rings is 1. The molecule has 0 radical (unpaired) electrons. The number of likely N-dealkylation sites (tertiary alicyclic amines) is 1. The molecule has 1 amide bonds. The van der Waals surface area contributed by atoms with Crippen LogP contribution in [0.15, 0.2) is 30.6 Å². The van der Waals surface area contributed by atoms with Gasteiger partial charge in [0.15, 0.2) is 0 Å². The fraction of sp³-hybridized carbons (Fsp3) is 0.526. The van der Waals surface area contributed by atoms with E-state index in [-0.39, 0.29) is 17.9 Å². The number of H-pyrrole nitrogens is 1. The van der Waals surface area contributed by atoms with Gasteiger partial charge in [0.25, 0.3) is 0 Å². The van der Waals surface area contributed by atoms with Crippen molar-refractivity contribution in [2.75, 3.05) is 6.54 Å². The fourth-order valence-corrected chi connectivity index (χ4v) is 3.92. The van der Waals surface area contributed by atoms with Crippen LogP contribution in [0.25, 0.3) is 11.0 Å². The quantitative estimate of drug-likeness (QED) is 0.748. The van der Waals surface area contributed by atoms with Crippen molar-refractivity contribution in [1.82, 2.24) is 35.1 Å². The van der Waals surface area contributed by atoms with Crippen LogP contribution in [0.4, 0.5) is 0 Å². The van der Waals surface area contributed by atoms with Crippen molar-refractivity contribution in [1.29, 1.82) is 0 Å². The van der Waals surface area contributed by atoms with Gasteiger partial charge in [-0.1, -0.05) is 32.4 Å². The number of para-hydroxylation sites is 2. The van der Waals surface area contributed by atoms with E-state index in [0.29, 0.717) is 0 Å². The van der Waals surface area contributed by atoms with Gasteiger partial charge in [-0.05, 0) is 47.7 Å². The third-order valence-electron chi connectivity index (χ3n) is 5.60. The number of nitrogens with one attached hydrogen (secondary N) is 1. The topological polar surface area (TPSA) is 92.6 Å². The minimum atomic E-state index is -0.394. The van der Waals surface area contributed by atoms with Crippen LogP contribution in [-0.2, 0) is 4.79 Å². The van der Waals surface area contributed by atoms with Crippen LogP contribution in [0, 0.1) is 5.92 Å². The van der Waals surface area contributed by atoms with Gasteiger partial charge >= 0.3 is 0 Å². The molecule has 1 fully saturated rings. The van der Waals surface area contributed by atoms with Crippen LogP contribution in [0.2, 0.25) is 0 Å². The third kappa shape index (κ3) is 3.31. The van der Waals surface area contributed by atoms with Crippen LogP contribution in [0.1, 0.15) is 57.4 Å². The van der Waals surface area contributed by atoms with Crippen molar-refractivity contribution in [3.05, 3.63) is 36.4 Å². The van der Waals surface area contributed by atoms with Crippen molar-refractivity contribution in [2.45, 2.75) is 51.6 Å². The van der Waals surface area contributed by atoms with Gasteiger partial charge in [0, 0.05) is 6.54 Å². The number of carbonyl (C=O) groups is 1. The molecular formula is C19H25N7O. The number of piperidine rings is 1. The third-order valence-corrected chi connectivity index (χ3v) is 5.60. The summed E-state index contributed by atoms with van der Waals surface area (Å²) < 4.78 is 1.60. The first kappa shape index (κ1) is 17.6. The van der Waals surface area contributed by atoms with Gasteiger partial charge in [0.2, 0.25) is 5.91 Å². The minimum Gasteiger partial charge on any atom is -0.340 e. The molecule has 0 bridgehead atoms. The Morgan fingerprint density at radius 1 is 1.33 bits per heavy atom. The average molecular weight is 367 g/mol. The molecule has 1 N–H and O–H groups in total. The highest BCUT2D eigenvalue weighted by molar-refractivity contribution is 5.81. The van der Waals surface area contributed by atoms with E-state index in [9.17, 15) is 4.79 Å². The Morgan fingerprint density at radius 2 is 2.19 bits per heavy atom. The number of amides is 1. The van der Waals surface area contributed by atoms with E-state index in [1.807, 2.05) is 29.2 Å². The summed E-state index contributed by atoms with van der Waals surface area (Å²) in [5.41, 5.74) is 1.94. The maximum atomic E-state index is 13.6. The van der Waals surface area contributed by atoms with Crippen LogP contribution in [0.5, 0.6) is 0 Å². The van der Waals surface area contributed by atoms with E-state index in [0.717, 1.165) is 49.1 Å². The summed E-state index contributed by atoms with van der Waals surface area (Å²) in [6.07, 6.45) is 5.42. The Bertz CT molecular complexity index is 871. The molecule has 0 spiro atoms. The molecule has 4 rings (SSSR count). The lowest BCUT2D eigenvalue weighted by atomic mass is 9.94. The first-order chi connectivity index (χ1) is 13.2. The zero-order chi connectivity index (χ0) is 18.8. The van der Waals surface area contributed by atoms with Crippen molar-refractivity contribution >= 4 is 16.9 Å². The Kier molecular flexibility index (Phi) is 4.87. The Balaban J connectivity index is 1.67. The zero-order valence-corrected chi connectivity index (χ0v) is 15.7. The molecule has 8 nitrogen and oxygen atoms in total. The van der Waals surface area contributed by atoms with Gasteiger partial charge in [-0.2, -0.15) is 0 Å².